The number of aliphatic hydroxyl groups is 1. The van der Waals surface area contributed by atoms with Crippen LogP contribution < -0.4 is 5.32 Å². The van der Waals surface area contributed by atoms with Gasteiger partial charge in [0.2, 0.25) is 0 Å². The van der Waals surface area contributed by atoms with Crippen molar-refractivity contribution in [1.82, 2.24) is 10.2 Å². The van der Waals surface area contributed by atoms with Crippen LogP contribution in [0.3, 0.4) is 0 Å². The molecule has 2 unspecified atom stereocenters. The summed E-state index contributed by atoms with van der Waals surface area (Å²) in [6.45, 7) is 2.79. The molecule has 88 valence electrons. The Morgan fingerprint density at radius 2 is 1.93 bits per heavy atom. The van der Waals surface area contributed by atoms with E-state index in [0.29, 0.717) is 12.5 Å². The van der Waals surface area contributed by atoms with Crippen molar-refractivity contribution in [2.45, 2.75) is 44.2 Å². The van der Waals surface area contributed by atoms with Crippen molar-refractivity contribution in [2.75, 3.05) is 26.7 Å². The fourth-order valence-corrected chi connectivity index (χ4v) is 3.05. The van der Waals surface area contributed by atoms with Crippen molar-refractivity contribution in [3.63, 3.8) is 0 Å². The minimum atomic E-state index is 0.387. The molecular formula is C12H24N2O. The fourth-order valence-electron chi connectivity index (χ4n) is 3.05. The lowest BCUT2D eigenvalue weighted by atomic mass is 9.96. The molecule has 2 rings (SSSR count). The fraction of sp³-hybridized carbons (Fsp3) is 1.00. The highest BCUT2D eigenvalue weighted by Crippen LogP contribution is 2.27. The minimum absolute atomic E-state index is 0.387. The van der Waals surface area contributed by atoms with Crippen molar-refractivity contribution in [1.29, 1.82) is 0 Å². The molecule has 0 bridgehead atoms. The van der Waals surface area contributed by atoms with E-state index in [-0.39, 0.29) is 0 Å². The van der Waals surface area contributed by atoms with E-state index in [1.807, 2.05) is 0 Å². The summed E-state index contributed by atoms with van der Waals surface area (Å²) in [5, 5.41) is 12.5. The summed E-state index contributed by atoms with van der Waals surface area (Å²) in [5.74, 6) is 0.572. The molecule has 0 amide bonds. The van der Waals surface area contributed by atoms with Crippen LogP contribution in [-0.4, -0.2) is 48.8 Å². The van der Waals surface area contributed by atoms with Crippen LogP contribution in [0.1, 0.15) is 32.1 Å². The number of hydrogen-bond acceptors (Lipinski definition) is 3. The summed E-state index contributed by atoms with van der Waals surface area (Å²) in [4.78, 5) is 2.64. The van der Waals surface area contributed by atoms with Crippen LogP contribution in [0.5, 0.6) is 0 Å². The third kappa shape index (κ3) is 2.71. The molecule has 2 fully saturated rings. The molecule has 0 radical (unpaired) electrons. The molecule has 3 nitrogen and oxygen atoms in total. The number of likely N-dealkylation sites (tertiary alicyclic amines) is 1. The van der Waals surface area contributed by atoms with Gasteiger partial charge in [-0.05, 0) is 58.2 Å². The van der Waals surface area contributed by atoms with E-state index in [0.717, 1.165) is 12.1 Å². The minimum Gasteiger partial charge on any atom is -0.396 e. The van der Waals surface area contributed by atoms with Crippen molar-refractivity contribution < 1.29 is 5.11 Å². The molecule has 1 aliphatic heterocycles. The van der Waals surface area contributed by atoms with Crippen molar-refractivity contribution in [2.24, 2.45) is 5.92 Å². The molecule has 3 heteroatoms. The molecular weight excluding hydrogens is 188 g/mol. The smallest absolute Gasteiger partial charge is 0.0460 e. The maximum Gasteiger partial charge on any atom is 0.0460 e. The SMILES string of the molecule is CNC1CCC(N2CCC(CO)CC2)C1. The zero-order valence-corrected chi connectivity index (χ0v) is 9.78. The first-order valence-electron chi connectivity index (χ1n) is 6.35. The summed E-state index contributed by atoms with van der Waals surface area (Å²) >= 11 is 0. The van der Waals surface area contributed by atoms with Crippen LogP contribution in [0.2, 0.25) is 0 Å². The van der Waals surface area contributed by atoms with Gasteiger partial charge in [0.15, 0.2) is 0 Å². The number of nitrogens with zero attached hydrogens (tertiary/aromatic N) is 1. The lowest BCUT2D eigenvalue weighted by molar-refractivity contribution is 0.101. The molecule has 0 spiro atoms. The van der Waals surface area contributed by atoms with Crippen LogP contribution >= 0.6 is 0 Å². The Balaban J connectivity index is 1.76. The van der Waals surface area contributed by atoms with E-state index in [9.17, 15) is 0 Å². The Kier molecular flexibility index (Phi) is 4.00. The number of nitrogens with one attached hydrogen (secondary N) is 1. The molecule has 2 atom stereocenters. The highest BCUT2D eigenvalue weighted by Gasteiger charge is 2.30. The topological polar surface area (TPSA) is 35.5 Å². The summed E-state index contributed by atoms with van der Waals surface area (Å²) in [6, 6.07) is 1.55. The molecule has 1 heterocycles. The van der Waals surface area contributed by atoms with Gasteiger partial charge < -0.3 is 15.3 Å². The highest BCUT2D eigenvalue weighted by atomic mass is 16.3. The second-order valence-electron chi connectivity index (χ2n) is 5.11. The highest BCUT2D eigenvalue weighted by molar-refractivity contribution is 4.88. The average molecular weight is 212 g/mol. The van der Waals surface area contributed by atoms with E-state index in [4.69, 9.17) is 5.11 Å². The van der Waals surface area contributed by atoms with Crippen LogP contribution in [0.15, 0.2) is 0 Å². The molecule has 2 aliphatic rings. The lowest BCUT2D eigenvalue weighted by Gasteiger charge is -2.35. The monoisotopic (exact) mass is 212 g/mol. The molecule has 15 heavy (non-hydrogen) atoms. The molecule has 0 aromatic heterocycles. The van der Waals surface area contributed by atoms with Crippen molar-refractivity contribution in [3.05, 3.63) is 0 Å². The van der Waals surface area contributed by atoms with Gasteiger partial charge >= 0.3 is 0 Å². The second-order valence-corrected chi connectivity index (χ2v) is 5.11. The molecule has 1 saturated heterocycles. The predicted octanol–water partition coefficient (Wildman–Crippen LogP) is 0.831. The van der Waals surface area contributed by atoms with E-state index in [1.165, 1.54) is 45.2 Å². The van der Waals surface area contributed by atoms with Gasteiger partial charge in [-0.2, -0.15) is 0 Å². The van der Waals surface area contributed by atoms with Crippen molar-refractivity contribution in [3.8, 4) is 0 Å². The number of aliphatic hydroxyl groups excluding tert-OH is 1. The van der Waals surface area contributed by atoms with Crippen LogP contribution in [0, 0.1) is 5.92 Å². The largest absolute Gasteiger partial charge is 0.396 e. The number of piperidine rings is 1. The maximum atomic E-state index is 9.09. The molecule has 0 aromatic rings. The van der Waals surface area contributed by atoms with Crippen LogP contribution in [0.25, 0.3) is 0 Å². The molecule has 1 aliphatic carbocycles. The molecule has 1 saturated carbocycles. The second kappa shape index (κ2) is 5.28. The van der Waals surface area contributed by atoms with Gasteiger partial charge in [-0.25, -0.2) is 0 Å². The van der Waals surface area contributed by atoms with Gasteiger partial charge in [0.05, 0.1) is 0 Å². The van der Waals surface area contributed by atoms with Crippen LogP contribution in [0.4, 0.5) is 0 Å². The van der Waals surface area contributed by atoms with E-state index < -0.39 is 0 Å². The first-order chi connectivity index (χ1) is 7.33. The molecule has 0 aromatic carbocycles. The van der Waals surface area contributed by atoms with E-state index in [2.05, 4.69) is 17.3 Å². The molecule has 2 N–H and O–H groups in total. The zero-order valence-electron chi connectivity index (χ0n) is 9.78. The summed E-state index contributed by atoms with van der Waals surface area (Å²) < 4.78 is 0. The van der Waals surface area contributed by atoms with Gasteiger partial charge in [0.1, 0.15) is 0 Å². The number of rotatable bonds is 3. The normalized spacial score (nSPS) is 34.8. The van der Waals surface area contributed by atoms with E-state index in [1.54, 1.807) is 0 Å². The third-order valence-electron chi connectivity index (χ3n) is 4.24. The Morgan fingerprint density at radius 3 is 2.47 bits per heavy atom. The van der Waals surface area contributed by atoms with Gasteiger partial charge in [0, 0.05) is 18.7 Å². The summed E-state index contributed by atoms with van der Waals surface area (Å²) in [6.07, 6.45) is 6.39. The Morgan fingerprint density at radius 1 is 1.20 bits per heavy atom. The zero-order chi connectivity index (χ0) is 10.7. The number of hydrogen-bond donors (Lipinski definition) is 2. The quantitative estimate of drug-likeness (QED) is 0.727. The standard InChI is InChI=1S/C12H24N2O/c1-13-11-2-3-12(8-11)14-6-4-10(9-15)5-7-14/h10-13,15H,2-9H2,1H3. The Labute approximate surface area is 92.8 Å². The van der Waals surface area contributed by atoms with Gasteiger partial charge in [-0.1, -0.05) is 0 Å². The maximum absolute atomic E-state index is 9.09. The van der Waals surface area contributed by atoms with E-state index >= 15 is 0 Å². The Bertz CT molecular complexity index is 190. The van der Waals surface area contributed by atoms with Crippen molar-refractivity contribution >= 4 is 0 Å². The Hall–Kier alpha value is -0.120. The summed E-state index contributed by atoms with van der Waals surface area (Å²) in [7, 11) is 2.07. The predicted molar refractivity (Wildman–Crippen MR) is 61.9 cm³/mol. The first kappa shape index (κ1) is 11.4. The average Bonchev–Trinajstić information content (AvgIpc) is 2.78. The van der Waals surface area contributed by atoms with Gasteiger partial charge in [-0.3, -0.25) is 0 Å². The lowest BCUT2D eigenvalue weighted by Crippen LogP contribution is -2.41. The van der Waals surface area contributed by atoms with Crippen LogP contribution in [-0.2, 0) is 0 Å². The summed E-state index contributed by atoms with van der Waals surface area (Å²) in [5.41, 5.74) is 0. The first-order valence-corrected chi connectivity index (χ1v) is 6.35. The third-order valence-corrected chi connectivity index (χ3v) is 4.24. The van der Waals surface area contributed by atoms with Gasteiger partial charge in [0.25, 0.3) is 0 Å². The van der Waals surface area contributed by atoms with Gasteiger partial charge in [-0.15, -0.1) is 0 Å².